The van der Waals surface area contributed by atoms with Gasteiger partial charge in [-0.1, -0.05) is 94.9 Å². The first-order valence-electron chi connectivity index (χ1n) is 7.10. The maximum atomic E-state index is 11.8. The van der Waals surface area contributed by atoms with Gasteiger partial charge >= 0.3 is 6.16 Å². The van der Waals surface area contributed by atoms with Crippen LogP contribution in [0.2, 0.25) is 0 Å². The van der Waals surface area contributed by atoms with E-state index in [1.54, 1.807) is 0 Å². The van der Waals surface area contributed by atoms with Crippen molar-refractivity contribution in [2.75, 3.05) is 6.61 Å². The monoisotopic (exact) mass is 404 g/mol. The molecule has 1 unspecified atom stereocenters. The van der Waals surface area contributed by atoms with Crippen molar-refractivity contribution >= 4 is 52.6 Å². The molecule has 0 aromatic heterocycles. The maximum Gasteiger partial charge on any atom is 0.509 e. The first-order valence-corrected chi connectivity index (χ1v) is 8.67. The fourth-order valence-electron chi connectivity index (χ4n) is 2.78. The lowest BCUT2D eigenvalue weighted by atomic mass is 9.98. The minimum atomic E-state index is -1.92. The summed E-state index contributed by atoms with van der Waals surface area (Å²) in [6.45, 7) is 0.107. The van der Waals surface area contributed by atoms with Gasteiger partial charge in [0.05, 0.1) is 0 Å². The van der Waals surface area contributed by atoms with E-state index in [1.165, 1.54) is 0 Å². The molecule has 0 saturated heterocycles. The SMILES string of the molecule is O=C(OCC1c2ccccc2-c2ccccc21)OC(Cl)C(Cl)(Cl)Cl. The van der Waals surface area contributed by atoms with Crippen molar-refractivity contribution in [3.05, 3.63) is 59.7 Å². The zero-order valence-corrected chi connectivity index (χ0v) is 15.2. The van der Waals surface area contributed by atoms with Gasteiger partial charge in [-0.3, -0.25) is 0 Å². The highest BCUT2D eigenvalue weighted by molar-refractivity contribution is 6.70. The molecule has 0 radical (unpaired) electrons. The van der Waals surface area contributed by atoms with Crippen LogP contribution in [0, 0.1) is 0 Å². The van der Waals surface area contributed by atoms with Gasteiger partial charge in [-0.2, -0.15) is 0 Å². The summed E-state index contributed by atoms with van der Waals surface area (Å²) in [5, 5.41) is 0. The average molecular weight is 406 g/mol. The fraction of sp³-hybridized carbons (Fsp3) is 0.235. The van der Waals surface area contributed by atoms with Crippen LogP contribution in [0.25, 0.3) is 11.1 Å². The van der Waals surface area contributed by atoms with Gasteiger partial charge in [0, 0.05) is 5.92 Å². The van der Waals surface area contributed by atoms with E-state index < -0.39 is 15.5 Å². The van der Waals surface area contributed by atoms with Crippen molar-refractivity contribution in [3.8, 4) is 11.1 Å². The van der Waals surface area contributed by atoms with Crippen LogP contribution in [0.5, 0.6) is 0 Å². The van der Waals surface area contributed by atoms with E-state index in [4.69, 9.17) is 55.9 Å². The Labute approximate surface area is 159 Å². The van der Waals surface area contributed by atoms with E-state index in [-0.39, 0.29) is 12.5 Å². The number of hydrogen-bond donors (Lipinski definition) is 0. The number of fused-ring (bicyclic) bond motifs is 3. The molecule has 2 aromatic carbocycles. The van der Waals surface area contributed by atoms with Crippen LogP contribution in [0.1, 0.15) is 17.0 Å². The Hall–Kier alpha value is -1.13. The first-order chi connectivity index (χ1) is 11.4. The Bertz CT molecular complexity index is 712. The number of carbonyl (C=O) groups excluding carboxylic acids is 1. The predicted octanol–water partition coefficient (Wildman–Crippen LogP) is 5.89. The highest BCUT2D eigenvalue weighted by atomic mass is 35.6. The Morgan fingerprint density at radius 3 is 2.00 bits per heavy atom. The third-order valence-corrected chi connectivity index (χ3v) is 5.13. The quantitative estimate of drug-likeness (QED) is 0.471. The summed E-state index contributed by atoms with van der Waals surface area (Å²) in [6, 6.07) is 16.0. The van der Waals surface area contributed by atoms with Crippen molar-refractivity contribution < 1.29 is 14.3 Å². The second-order valence-corrected chi connectivity index (χ2v) is 8.03. The summed E-state index contributed by atoms with van der Waals surface area (Å²) in [6.07, 6.45) is -0.983. The van der Waals surface area contributed by atoms with Crippen LogP contribution in [-0.2, 0) is 9.47 Å². The number of rotatable bonds is 3. The molecular formula is C17H12Cl4O3. The summed E-state index contributed by atoms with van der Waals surface area (Å²) in [5.41, 5.74) is 3.02. The lowest BCUT2D eigenvalue weighted by Gasteiger charge is -2.19. The predicted molar refractivity (Wildman–Crippen MR) is 96.1 cm³/mol. The van der Waals surface area contributed by atoms with Gasteiger partial charge in [0.1, 0.15) is 6.61 Å². The Morgan fingerprint density at radius 2 is 1.50 bits per heavy atom. The molecule has 0 fully saturated rings. The molecule has 2 aromatic rings. The Kier molecular flexibility index (Phi) is 5.16. The van der Waals surface area contributed by atoms with Gasteiger partial charge in [0.25, 0.3) is 0 Å². The van der Waals surface area contributed by atoms with Gasteiger partial charge in [-0.25, -0.2) is 4.79 Å². The van der Waals surface area contributed by atoms with E-state index in [2.05, 4.69) is 0 Å². The highest BCUT2D eigenvalue weighted by Gasteiger charge is 2.35. The van der Waals surface area contributed by atoms with E-state index >= 15 is 0 Å². The molecule has 7 heteroatoms. The Morgan fingerprint density at radius 1 is 1.00 bits per heavy atom. The smallest absolute Gasteiger partial charge is 0.433 e. The normalized spacial score (nSPS) is 14.7. The fourth-order valence-corrected chi connectivity index (χ4v) is 2.98. The molecule has 1 aliphatic carbocycles. The van der Waals surface area contributed by atoms with E-state index in [9.17, 15) is 4.79 Å². The molecule has 126 valence electrons. The molecule has 0 heterocycles. The number of alkyl halides is 4. The van der Waals surface area contributed by atoms with Gasteiger partial charge in [-0.05, 0) is 22.3 Å². The van der Waals surface area contributed by atoms with Gasteiger partial charge in [-0.15, -0.1) is 0 Å². The van der Waals surface area contributed by atoms with E-state index in [0.717, 1.165) is 22.3 Å². The molecule has 3 nitrogen and oxygen atoms in total. The van der Waals surface area contributed by atoms with Crippen LogP contribution in [0.4, 0.5) is 4.79 Å². The van der Waals surface area contributed by atoms with Crippen LogP contribution >= 0.6 is 46.4 Å². The number of ether oxygens (including phenoxy) is 2. The van der Waals surface area contributed by atoms with Crippen molar-refractivity contribution in [1.29, 1.82) is 0 Å². The van der Waals surface area contributed by atoms with Gasteiger partial charge in [0.15, 0.2) is 0 Å². The summed E-state index contributed by atoms with van der Waals surface area (Å²) in [7, 11) is 0. The van der Waals surface area contributed by atoms with Crippen molar-refractivity contribution in [3.63, 3.8) is 0 Å². The third kappa shape index (κ3) is 3.60. The summed E-state index contributed by atoms with van der Waals surface area (Å²) >= 11 is 22.4. The molecule has 0 saturated carbocycles. The van der Waals surface area contributed by atoms with Crippen LogP contribution in [-0.4, -0.2) is 22.1 Å². The lowest BCUT2D eigenvalue weighted by Crippen LogP contribution is -2.27. The summed E-state index contributed by atoms with van der Waals surface area (Å²) < 4.78 is 8.02. The first kappa shape index (κ1) is 17.7. The van der Waals surface area contributed by atoms with Crippen molar-refractivity contribution in [1.82, 2.24) is 0 Å². The molecular weight excluding hydrogens is 394 g/mol. The van der Waals surface area contributed by atoms with E-state index in [1.807, 2.05) is 48.5 Å². The van der Waals surface area contributed by atoms with Crippen molar-refractivity contribution in [2.45, 2.75) is 15.3 Å². The molecule has 0 spiro atoms. The zero-order valence-electron chi connectivity index (χ0n) is 12.2. The molecule has 0 N–H and O–H groups in total. The second kappa shape index (κ2) is 7.01. The largest absolute Gasteiger partial charge is 0.509 e. The summed E-state index contributed by atoms with van der Waals surface area (Å²) in [5.74, 6) is -0.0773. The maximum absolute atomic E-state index is 11.8. The topological polar surface area (TPSA) is 35.5 Å². The van der Waals surface area contributed by atoms with Gasteiger partial charge in [0.2, 0.25) is 9.36 Å². The molecule has 3 rings (SSSR count). The molecule has 0 amide bonds. The number of carbonyl (C=O) groups is 1. The van der Waals surface area contributed by atoms with Crippen LogP contribution in [0.15, 0.2) is 48.5 Å². The summed E-state index contributed by atoms with van der Waals surface area (Å²) in [4.78, 5) is 11.8. The highest BCUT2D eigenvalue weighted by Crippen LogP contribution is 2.44. The standard InChI is InChI=1S/C17H12Cl4O3/c18-15(17(19,20)21)24-16(22)23-9-14-12-7-3-1-5-10(12)11-6-2-4-8-13(11)14/h1-8,14-15H,9H2. The zero-order chi connectivity index (χ0) is 17.3. The minimum absolute atomic E-state index is 0.0773. The van der Waals surface area contributed by atoms with Crippen LogP contribution < -0.4 is 0 Å². The molecule has 0 bridgehead atoms. The van der Waals surface area contributed by atoms with Gasteiger partial charge < -0.3 is 9.47 Å². The van der Waals surface area contributed by atoms with Crippen LogP contribution in [0.3, 0.4) is 0 Å². The molecule has 24 heavy (non-hydrogen) atoms. The lowest BCUT2D eigenvalue weighted by molar-refractivity contribution is 0.0448. The molecule has 1 aliphatic rings. The molecule has 1 atom stereocenters. The molecule has 0 aliphatic heterocycles. The number of hydrogen-bond acceptors (Lipinski definition) is 3. The average Bonchev–Trinajstić information content (AvgIpc) is 2.86. The van der Waals surface area contributed by atoms with E-state index in [0.29, 0.717) is 0 Å². The number of benzene rings is 2. The Balaban J connectivity index is 1.73. The number of halogens is 4. The van der Waals surface area contributed by atoms with Crippen molar-refractivity contribution in [2.24, 2.45) is 0 Å². The minimum Gasteiger partial charge on any atom is -0.433 e. The third-order valence-electron chi connectivity index (χ3n) is 3.79. The second-order valence-electron chi connectivity index (χ2n) is 5.26.